The van der Waals surface area contributed by atoms with Gasteiger partial charge in [0.25, 0.3) is 0 Å². The van der Waals surface area contributed by atoms with Gasteiger partial charge in [-0.15, -0.1) is 0 Å². The molecule has 94 valence electrons. The third kappa shape index (κ3) is 1.73. The van der Waals surface area contributed by atoms with E-state index in [1.54, 1.807) is 0 Å². The van der Waals surface area contributed by atoms with E-state index in [0.717, 1.165) is 6.42 Å². The van der Waals surface area contributed by atoms with Gasteiger partial charge in [0.05, 0.1) is 15.9 Å². The Morgan fingerprint density at radius 1 is 1.44 bits per heavy atom. The summed E-state index contributed by atoms with van der Waals surface area (Å²) in [5.74, 6) is -0.280. The highest BCUT2D eigenvalue weighted by Crippen LogP contribution is 2.64. The van der Waals surface area contributed by atoms with Crippen molar-refractivity contribution in [2.45, 2.75) is 33.1 Å². The van der Waals surface area contributed by atoms with E-state index < -0.39 is 21.3 Å². The first-order valence-corrected chi connectivity index (χ1v) is 6.74. The third-order valence-electron chi connectivity index (χ3n) is 4.56. The molecule has 0 spiro atoms. The lowest BCUT2D eigenvalue weighted by Crippen LogP contribution is -2.42. The maximum Gasteiger partial charge on any atom is 0.140 e. The van der Waals surface area contributed by atoms with Crippen LogP contribution in [0.5, 0.6) is 0 Å². The van der Waals surface area contributed by atoms with Gasteiger partial charge in [-0.2, -0.15) is 0 Å². The molecule has 0 aromatic rings. The van der Waals surface area contributed by atoms with Crippen LogP contribution in [0.15, 0.2) is 0 Å². The minimum atomic E-state index is -4.33. The summed E-state index contributed by atoms with van der Waals surface area (Å²) in [7, 11) is -4.33. The fourth-order valence-corrected chi connectivity index (χ4v) is 4.69. The summed E-state index contributed by atoms with van der Waals surface area (Å²) in [5.41, 5.74) is -1.22. The quantitative estimate of drug-likeness (QED) is 0.545. The van der Waals surface area contributed by atoms with Crippen LogP contribution in [0, 0.1) is 16.7 Å². The summed E-state index contributed by atoms with van der Waals surface area (Å²) in [4.78, 5) is 11.8. The van der Waals surface area contributed by atoms with Crippen molar-refractivity contribution in [1.82, 2.24) is 0 Å². The van der Waals surface area contributed by atoms with Crippen molar-refractivity contribution in [1.29, 1.82) is 0 Å². The first-order chi connectivity index (χ1) is 6.69. The Morgan fingerprint density at radius 2 is 2.00 bits per heavy atom. The molecule has 2 aliphatic carbocycles. The zero-order chi connectivity index (χ0) is 11.5. The fraction of sp³-hybridized carbons (Fsp3) is 0.900. The number of carbonyl (C=O) groups is 1. The van der Waals surface area contributed by atoms with E-state index >= 15 is 0 Å². The van der Waals surface area contributed by atoms with Crippen LogP contribution in [0.25, 0.3) is 0 Å². The molecule has 0 aromatic carbocycles. The van der Waals surface area contributed by atoms with E-state index in [2.05, 4.69) is 0 Å². The van der Waals surface area contributed by atoms with Crippen molar-refractivity contribution in [3.63, 3.8) is 0 Å². The molecule has 0 saturated heterocycles. The molecule has 16 heavy (non-hydrogen) atoms. The Hall–Kier alpha value is 0.01000. The smallest absolute Gasteiger partial charge is 0.140 e. The minimum Gasteiger partial charge on any atom is -0.748 e. The van der Waals surface area contributed by atoms with E-state index in [1.165, 1.54) is 0 Å². The molecule has 0 radical (unpaired) electrons. The van der Waals surface area contributed by atoms with Gasteiger partial charge in [0.15, 0.2) is 0 Å². The summed E-state index contributed by atoms with van der Waals surface area (Å²) in [6, 6.07) is 0. The molecular weight excluding hydrogens is 247 g/mol. The van der Waals surface area contributed by atoms with Crippen molar-refractivity contribution >= 4 is 25.8 Å². The first kappa shape index (κ1) is 14.1. The number of Topliss-reactive ketones (excluding diaryl/α,β-unsaturated/α-hetero) is 1. The number of rotatable bonds is 2. The molecule has 2 bridgehead atoms. The SMILES string of the molecule is CC1(C)C2CCC1(CS(=O)(=O)[O-])C(=O)C2.[PH4+]. The standard InChI is InChI=1S/C10H16O4S.H3P/c1-9(2)7-3-4-10(9,8(11)5-7)6-15(12,13)14;/h7H,3-6H2,1-2H3,(H,12,13,14);1H3. The second-order valence-corrected chi connectivity index (χ2v) is 6.77. The van der Waals surface area contributed by atoms with Crippen molar-refractivity contribution < 1.29 is 17.8 Å². The molecule has 6 heteroatoms. The molecule has 0 aromatic heterocycles. The summed E-state index contributed by atoms with van der Waals surface area (Å²) in [6.07, 6.45) is 1.88. The molecule has 2 fully saturated rings. The summed E-state index contributed by atoms with van der Waals surface area (Å²) >= 11 is 0. The predicted octanol–water partition coefficient (Wildman–Crippen LogP) is 0.717. The topological polar surface area (TPSA) is 74.3 Å². The number of hydrogen-bond acceptors (Lipinski definition) is 4. The monoisotopic (exact) mass is 266 g/mol. The Balaban J connectivity index is 0.00000128. The molecule has 2 saturated carbocycles. The normalized spacial score (nSPS) is 36.2. The Labute approximate surface area is 99.6 Å². The van der Waals surface area contributed by atoms with Gasteiger partial charge >= 0.3 is 0 Å². The molecule has 4 nitrogen and oxygen atoms in total. The lowest BCUT2D eigenvalue weighted by molar-refractivity contribution is -0.128. The Bertz CT molecular complexity index is 415. The number of hydrogen-bond donors (Lipinski definition) is 0. The van der Waals surface area contributed by atoms with Crippen molar-refractivity contribution in [2.75, 3.05) is 5.75 Å². The Morgan fingerprint density at radius 3 is 2.31 bits per heavy atom. The zero-order valence-electron chi connectivity index (χ0n) is 9.95. The maximum atomic E-state index is 11.8. The summed E-state index contributed by atoms with van der Waals surface area (Å²) < 4.78 is 32.7. The van der Waals surface area contributed by atoms with E-state index in [4.69, 9.17) is 0 Å². The van der Waals surface area contributed by atoms with Crippen LogP contribution in [0.4, 0.5) is 0 Å². The molecule has 2 aliphatic rings. The molecule has 0 heterocycles. The van der Waals surface area contributed by atoms with Gasteiger partial charge in [0, 0.05) is 11.8 Å². The van der Waals surface area contributed by atoms with Crippen LogP contribution in [0.3, 0.4) is 0 Å². The largest absolute Gasteiger partial charge is 0.748 e. The molecule has 0 N–H and O–H groups in total. The zero-order valence-corrected chi connectivity index (χ0v) is 12.8. The Kier molecular flexibility index (Phi) is 3.30. The first-order valence-electron chi connectivity index (χ1n) is 5.16. The summed E-state index contributed by atoms with van der Waals surface area (Å²) in [6.45, 7) is 3.83. The summed E-state index contributed by atoms with van der Waals surface area (Å²) in [5, 5.41) is 0. The lowest BCUT2D eigenvalue weighted by atomic mass is 9.70. The van der Waals surface area contributed by atoms with E-state index in [1.807, 2.05) is 13.8 Å². The predicted molar refractivity (Wildman–Crippen MR) is 65.6 cm³/mol. The second kappa shape index (κ2) is 3.76. The third-order valence-corrected chi connectivity index (χ3v) is 5.41. The highest BCUT2D eigenvalue weighted by molar-refractivity contribution is 7.85. The lowest BCUT2D eigenvalue weighted by Gasteiger charge is -2.37. The fourth-order valence-electron chi connectivity index (χ4n) is 3.41. The van der Waals surface area contributed by atoms with Crippen LogP contribution < -0.4 is 0 Å². The average Bonchev–Trinajstić information content (AvgIpc) is 2.34. The molecule has 2 rings (SSSR count). The van der Waals surface area contributed by atoms with Gasteiger partial charge in [-0.25, -0.2) is 8.42 Å². The second-order valence-electron chi connectivity index (χ2n) is 5.37. The van der Waals surface area contributed by atoms with Crippen molar-refractivity contribution in [2.24, 2.45) is 16.7 Å². The molecule has 3 atom stereocenters. The highest BCUT2D eigenvalue weighted by atomic mass is 32.2. The van der Waals surface area contributed by atoms with E-state index in [-0.39, 0.29) is 27.0 Å². The van der Waals surface area contributed by atoms with Crippen molar-refractivity contribution in [3.05, 3.63) is 0 Å². The van der Waals surface area contributed by atoms with Crippen molar-refractivity contribution in [3.8, 4) is 0 Å². The number of fused-ring (bicyclic) bond motifs is 2. The van der Waals surface area contributed by atoms with Gasteiger partial charge in [-0.05, 0) is 34.1 Å². The maximum absolute atomic E-state index is 11.8. The molecule has 3 unspecified atom stereocenters. The molecule has 0 aliphatic heterocycles. The average molecular weight is 266 g/mol. The van der Waals surface area contributed by atoms with Gasteiger partial charge in [0.2, 0.25) is 0 Å². The van der Waals surface area contributed by atoms with Gasteiger partial charge in [0.1, 0.15) is 5.78 Å². The highest BCUT2D eigenvalue weighted by Gasteiger charge is 2.64. The number of ketones is 1. The van der Waals surface area contributed by atoms with Crippen LogP contribution in [0.1, 0.15) is 33.1 Å². The molecule has 0 amide bonds. The van der Waals surface area contributed by atoms with Gasteiger partial charge in [-0.1, -0.05) is 13.8 Å². The number of carbonyl (C=O) groups excluding carboxylic acids is 1. The van der Waals surface area contributed by atoms with Crippen LogP contribution in [0.2, 0.25) is 0 Å². The van der Waals surface area contributed by atoms with Crippen LogP contribution in [-0.2, 0) is 14.9 Å². The van der Waals surface area contributed by atoms with E-state index in [0.29, 0.717) is 12.8 Å². The van der Waals surface area contributed by atoms with Gasteiger partial charge < -0.3 is 4.55 Å². The minimum absolute atomic E-state index is 0. The van der Waals surface area contributed by atoms with Gasteiger partial charge in [-0.3, -0.25) is 4.79 Å². The van der Waals surface area contributed by atoms with Crippen LogP contribution in [-0.4, -0.2) is 24.5 Å². The van der Waals surface area contributed by atoms with E-state index in [9.17, 15) is 17.8 Å². The van der Waals surface area contributed by atoms with Crippen LogP contribution >= 0.6 is 9.90 Å². The molecular formula is C10H19O4PS.